The van der Waals surface area contributed by atoms with Crippen LogP contribution >= 0.6 is 0 Å². The van der Waals surface area contributed by atoms with E-state index in [0.717, 1.165) is 10.6 Å². The molecule has 1 atom stereocenters. The standard InChI is InChI=1S/C33H31F2N7O4S/c1-6-22(43)40-11-12-41-19(14-40)15-47(45,46)31-25-30(26(34)24(27(31)35)23-17(4)7-8-21-20(23)13-37-39-21)42(33(44)38-32(25)41)29-18(5)9-10-36-28(29)16(2)3/h6-10,13,16,19H,1,11-12,14-15H2,2-5H3,(H,37,39). The molecule has 3 aromatic heterocycles. The number of carbonyl (C=O) groups is 1. The van der Waals surface area contributed by atoms with Gasteiger partial charge in [-0.15, -0.1) is 0 Å². The van der Waals surface area contributed by atoms with Crippen LogP contribution in [0.2, 0.25) is 0 Å². The van der Waals surface area contributed by atoms with Crippen molar-refractivity contribution in [3.63, 3.8) is 0 Å². The molecule has 5 heterocycles. The van der Waals surface area contributed by atoms with E-state index in [-0.39, 0.29) is 48.0 Å². The molecule has 0 radical (unpaired) electrons. The molecule has 0 saturated carbocycles. The maximum Gasteiger partial charge on any atom is 0.354 e. The fourth-order valence-electron chi connectivity index (χ4n) is 6.98. The molecule has 0 aliphatic carbocycles. The Balaban J connectivity index is 1.69. The molecule has 2 aliphatic rings. The topological polar surface area (TPSA) is 134 Å². The summed E-state index contributed by atoms with van der Waals surface area (Å²) in [5.41, 5.74) is 0.423. The fourth-order valence-corrected chi connectivity index (χ4v) is 8.81. The van der Waals surface area contributed by atoms with Crippen LogP contribution in [0.3, 0.4) is 0 Å². The number of piperazine rings is 1. The minimum Gasteiger partial charge on any atom is -0.348 e. The van der Waals surface area contributed by atoms with Crippen molar-refractivity contribution in [2.45, 2.75) is 44.6 Å². The van der Waals surface area contributed by atoms with Crippen molar-refractivity contribution in [2.75, 3.05) is 30.3 Å². The Morgan fingerprint density at radius 2 is 1.87 bits per heavy atom. The summed E-state index contributed by atoms with van der Waals surface area (Å²) in [6.45, 7) is 10.8. The van der Waals surface area contributed by atoms with Crippen LogP contribution in [0.5, 0.6) is 0 Å². The molecule has 5 aromatic rings. The molecule has 0 spiro atoms. The summed E-state index contributed by atoms with van der Waals surface area (Å²) in [5, 5.41) is 6.90. The van der Waals surface area contributed by atoms with E-state index in [1.165, 1.54) is 11.1 Å². The number of halogens is 2. The molecule has 1 fully saturated rings. The lowest BCUT2D eigenvalue weighted by Gasteiger charge is -2.41. The Hall–Kier alpha value is -4.98. The number of aryl methyl sites for hydroxylation is 2. The van der Waals surface area contributed by atoms with Crippen molar-refractivity contribution in [3.05, 3.63) is 82.2 Å². The smallest absolute Gasteiger partial charge is 0.348 e. The van der Waals surface area contributed by atoms with Gasteiger partial charge in [0.05, 0.1) is 51.4 Å². The Morgan fingerprint density at radius 3 is 2.60 bits per heavy atom. The number of aromatic nitrogens is 5. The highest BCUT2D eigenvalue weighted by molar-refractivity contribution is 7.91. The number of hydrogen-bond donors (Lipinski definition) is 1. The van der Waals surface area contributed by atoms with E-state index in [2.05, 4.69) is 26.7 Å². The van der Waals surface area contributed by atoms with Gasteiger partial charge in [0.1, 0.15) is 10.7 Å². The van der Waals surface area contributed by atoms with Crippen molar-refractivity contribution >= 4 is 43.4 Å². The molecule has 242 valence electrons. The lowest BCUT2D eigenvalue weighted by atomic mass is 9.94. The second-order valence-electron chi connectivity index (χ2n) is 12.3. The lowest BCUT2D eigenvalue weighted by Crippen LogP contribution is -2.57. The van der Waals surface area contributed by atoms with Crippen LogP contribution in [0.25, 0.3) is 38.6 Å². The van der Waals surface area contributed by atoms with Crippen molar-refractivity contribution in [2.24, 2.45) is 0 Å². The third-order valence-corrected chi connectivity index (χ3v) is 11.0. The SMILES string of the molecule is C=CC(=O)N1CCN2c3nc(=O)n(-c4c(C)ccnc4C(C)C)c4c(F)c(-c5c(C)ccc6[nH]ncc56)c(F)c(c34)S(=O)(=O)CC2C1. The zero-order chi connectivity index (χ0) is 33.5. The third kappa shape index (κ3) is 4.48. The van der Waals surface area contributed by atoms with Crippen molar-refractivity contribution in [1.29, 1.82) is 0 Å². The number of carbonyl (C=O) groups excluding carboxylic acids is 1. The summed E-state index contributed by atoms with van der Waals surface area (Å²) in [5.74, 6) is -3.78. The Kier molecular flexibility index (Phi) is 7.04. The van der Waals surface area contributed by atoms with Gasteiger partial charge in [-0.25, -0.2) is 22.0 Å². The van der Waals surface area contributed by atoms with E-state index in [1.54, 1.807) is 43.1 Å². The molecule has 1 unspecified atom stereocenters. The summed E-state index contributed by atoms with van der Waals surface area (Å²) in [4.78, 5) is 37.9. The molecular formula is C33H31F2N7O4S. The van der Waals surface area contributed by atoms with Gasteiger partial charge in [0.2, 0.25) is 5.91 Å². The Morgan fingerprint density at radius 1 is 1.11 bits per heavy atom. The maximum atomic E-state index is 17.6. The predicted octanol–water partition coefficient (Wildman–Crippen LogP) is 4.33. The fraction of sp³-hybridized carbons (Fsp3) is 0.303. The van der Waals surface area contributed by atoms with Gasteiger partial charge < -0.3 is 9.80 Å². The van der Waals surface area contributed by atoms with E-state index in [4.69, 9.17) is 0 Å². The minimum atomic E-state index is -4.53. The molecule has 1 saturated heterocycles. The summed E-state index contributed by atoms with van der Waals surface area (Å²) in [7, 11) is -4.53. The van der Waals surface area contributed by atoms with Crippen LogP contribution in [0.1, 0.15) is 36.6 Å². The van der Waals surface area contributed by atoms with E-state index in [9.17, 15) is 18.0 Å². The van der Waals surface area contributed by atoms with Gasteiger partial charge in [0.25, 0.3) is 0 Å². The Labute approximate surface area is 268 Å². The van der Waals surface area contributed by atoms with E-state index in [1.807, 2.05) is 13.8 Å². The highest BCUT2D eigenvalue weighted by Gasteiger charge is 2.43. The normalized spacial score (nSPS) is 17.3. The molecule has 2 aliphatic heterocycles. The van der Waals surface area contributed by atoms with Gasteiger partial charge in [-0.05, 0) is 49.1 Å². The van der Waals surface area contributed by atoms with Crippen LogP contribution in [-0.2, 0) is 14.6 Å². The molecule has 1 amide bonds. The van der Waals surface area contributed by atoms with Gasteiger partial charge in [-0.3, -0.25) is 19.4 Å². The maximum absolute atomic E-state index is 17.6. The first-order valence-electron chi connectivity index (χ1n) is 15.1. The van der Waals surface area contributed by atoms with Crippen molar-refractivity contribution in [3.8, 4) is 16.8 Å². The number of nitrogens with zero attached hydrogens (tertiary/aromatic N) is 6. The molecule has 47 heavy (non-hydrogen) atoms. The van der Waals surface area contributed by atoms with Crippen LogP contribution in [-0.4, -0.2) is 75.4 Å². The molecule has 0 bridgehead atoms. The minimum absolute atomic E-state index is 0.0477. The van der Waals surface area contributed by atoms with E-state index < -0.39 is 60.8 Å². The van der Waals surface area contributed by atoms with E-state index in [0.29, 0.717) is 27.7 Å². The zero-order valence-electron chi connectivity index (χ0n) is 26.1. The van der Waals surface area contributed by atoms with E-state index >= 15 is 8.78 Å². The van der Waals surface area contributed by atoms with Gasteiger partial charge in [-0.1, -0.05) is 26.5 Å². The lowest BCUT2D eigenvalue weighted by molar-refractivity contribution is -0.126. The van der Waals surface area contributed by atoms with Gasteiger partial charge >= 0.3 is 5.69 Å². The quantitative estimate of drug-likeness (QED) is 0.223. The van der Waals surface area contributed by atoms with Crippen LogP contribution in [0.4, 0.5) is 14.6 Å². The average Bonchev–Trinajstić information content (AvgIpc) is 3.47. The zero-order valence-corrected chi connectivity index (χ0v) is 27.0. The molecule has 2 aromatic carbocycles. The number of fused-ring (bicyclic) bond motifs is 3. The number of hydrogen-bond acceptors (Lipinski definition) is 8. The molecule has 14 heteroatoms. The Bertz CT molecular complexity index is 2350. The number of anilines is 1. The number of rotatable bonds is 4. The molecule has 1 N–H and O–H groups in total. The number of nitrogens with one attached hydrogen (secondary N) is 1. The number of sulfone groups is 1. The molecule has 7 rings (SSSR count). The first kappa shape index (κ1) is 30.7. The summed E-state index contributed by atoms with van der Waals surface area (Å²) in [6.07, 6.45) is 4.13. The summed E-state index contributed by atoms with van der Waals surface area (Å²) < 4.78 is 64.7. The summed E-state index contributed by atoms with van der Waals surface area (Å²) >= 11 is 0. The number of aromatic amines is 1. The van der Waals surface area contributed by atoms with Gasteiger partial charge in [0.15, 0.2) is 21.5 Å². The number of H-pyrrole nitrogens is 1. The average molecular weight is 660 g/mol. The number of pyridine rings is 1. The predicted molar refractivity (Wildman–Crippen MR) is 174 cm³/mol. The molecule has 11 nitrogen and oxygen atoms in total. The number of benzene rings is 2. The van der Waals surface area contributed by atoms with Gasteiger partial charge in [0, 0.05) is 36.8 Å². The van der Waals surface area contributed by atoms with Crippen LogP contribution in [0.15, 0.2) is 52.9 Å². The van der Waals surface area contributed by atoms with Crippen LogP contribution < -0.4 is 10.6 Å². The number of amides is 1. The first-order chi connectivity index (χ1) is 22.4. The summed E-state index contributed by atoms with van der Waals surface area (Å²) in [6, 6.07) is 4.13. The van der Waals surface area contributed by atoms with Crippen molar-refractivity contribution in [1.82, 2.24) is 29.6 Å². The second kappa shape index (κ2) is 10.8. The highest BCUT2D eigenvalue weighted by Crippen LogP contribution is 2.46. The largest absolute Gasteiger partial charge is 0.354 e. The van der Waals surface area contributed by atoms with Gasteiger partial charge in [-0.2, -0.15) is 10.1 Å². The third-order valence-electron chi connectivity index (χ3n) is 9.12. The second-order valence-corrected chi connectivity index (χ2v) is 14.3. The monoisotopic (exact) mass is 659 g/mol. The first-order valence-corrected chi connectivity index (χ1v) is 16.8. The van der Waals surface area contributed by atoms with Crippen LogP contribution in [0, 0.1) is 25.5 Å². The highest BCUT2D eigenvalue weighted by atomic mass is 32.2. The van der Waals surface area contributed by atoms with Crippen molar-refractivity contribution < 1.29 is 22.0 Å². The molecular weight excluding hydrogens is 628 g/mol.